The number of rotatable bonds is 0. The van der Waals surface area contributed by atoms with E-state index in [9.17, 15) is 19.2 Å². The Bertz CT molecular complexity index is 459. The minimum Gasteiger partial charge on any atom is -0.393 e. The van der Waals surface area contributed by atoms with E-state index >= 15 is 0 Å². The maximum Gasteiger partial charge on any atom is 0.318 e. The summed E-state index contributed by atoms with van der Waals surface area (Å²) >= 11 is 0. The molecule has 5 rings (SSSR count). The van der Waals surface area contributed by atoms with Crippen molar-refractivity contribution < 1.29 is 28.7 Å². The zero-order valence-corrected chi connectivity index (χ0v) is 9.07. The molecule has 2 bridgehead atoms. The summed E-state index contributed by atoms with van der Waals surface area (Å²) in [5.41, 5.74) is 0. The SMILES string of the molecule is O=C1OC(=O)[C@H]2C3C=CC([C@@H]12)[C@@H]1C(=O)OC(=O)[C@@H]31. The normalized spacial score (nSPS) is 48.0. The Hall–Kier alpha value is -1.98. The Labute approximate surface area is 101 Å². The fourth-order valence-corrected chi connectivity index (χ4v) is 3.83. The molecule has 0 spiro atoms. The fourth-order valence-electron chi connectivity index (χ4n) is 3.83. The number of carbonyl (C=O) groups is 4. The highest BCUT2D eigenvalue weighted by molar-refractivity contribution is 6.03. The zero-order valence-electron chi connectivity index (χ0n) is 9.07. The van der Waals surface area contributed by atoms with E-state index in [0.717, 1.165) is 0 Å². The van der Waals surface area contributed by atoms with Crippen molar-refractivity contribution >= 4 is 23.9 Å². The predicted molar refractivity (Wildman–Crippen MR) is 52.3 cm³/mol. The van der Waals surface area contributed by atoms with E-state index < -0.39 is 59.4 Å². The standard InChI is InChI=1S/C12H8O6/c13-9-5-3-1-2-4(7(5)11(15)17-9)8-6(3)10(14)18-12(8)16/h1-8H/t3?,4?,5-,6-,7-,8+/m0/s1. The second-order valence-corrected chi connectivity index (χ2v) is 5.12. The van der Waals surface area contributed by atoms with Crippen LogP contribution >= 0.6 is 0 Å². The van der Waals surface area contributed by atoms with Crippen molar-refractivity contribution in [2.45, 2.75) is 0 Å². The number of cyclic esters (lactones) is 4. The van der Waals surface area contributed by atoms with Crippen LogP contribution in [0.4, 0.5) is 0 Å². The number of allylic oxidation sites excluding steroid dienone is 2. The smallest absolute Gasteiger partial charge is 0.318 e. The molecule has 92 valence electrons. The maximum atomic E-state index is 11.7. The van der Waals surface area contributed by atoms with Crippen molar-refractivity contribution in [3.8, 4) is 0 Å². The summed E-state index contributed by atoms with van der Waals surface area (Å²) in [5, 5.41) is 0. The zero-order chi connectivity index (χ0) is 12.6. The van der Waals surface area contributed by atoms with E-state index in [2.05, 4.69) is 9.47 Å². The molecule has 6 nitrogen and oxygen atoms in total. The van der Waals surface area contributed by atoms with Gasteiger partial charge in [0.2, 0.25) is 0 Å². The van der Waals surface area contributed by atoms with Gasteiger partial charge in [-0.1, -0.05) is 12.2 Å². The lowest BCUT2D eigenvalue weighted by Crippen LogP contribution is -2.50. The van der Waals surface area contributed by atoms with E-state index in [1.807, 2.05) is 0 Å². The Morgan fingerprint density at radius 2 is 0.889 bits per heavy atom. The average molecular weight is 248 g/mol. The van der Waals surface area contributed by atoms with Crippen LogP contribution in [0.1, 0.15) is 0 Å². The van der Waals surface area contributed by atoms with Gasteiger partial charge in [-0.2, -0.15) is 0 Å². The molecule has 0 amide bonds. The van der Waals surface area contributed by atoms with Crippen LogP contribution in [0.2, 0.25) is 0 Å². The molecule has 3 aliphatic carbocycles. The van der Waals surface area contributed by atoms with Crippen LogP contribution in [0.15, 0.2) is 12.2 Å². The van der Waals surface area contributed by atoms with Crippen molar-refractivity contribution in [2.24, 2.45) is 35.5 Å². The molecule has 5 aliphatic rings. The van der Waals surface area contributed by atoms with Crippen molar-refractivity contribution in [3.05, 3.63) is 12.2 Å². The van der Waals surface area contributed by atoms with Crippen LogP contribution in [-0.4, -0.2) is 23.9 Å². The molecule has 1 saturated carbocycles. The molecule has 6 heteroatoms. The highest BCUT2D eigenvalue weighted by Crippen LogP contribution is 2.56. The molecule has 2 heterocycles. The molecule has 18 heavy (non-hydrogen) atoms. The summed E-state index contributed by atoms with van der Waals surface area (Å²) < 4.78 is 9.29. The van der Waals surface area contributed by atoms with Gasteiger partial charge in [-0.3, -0.25) is 19.2 Å². The molecule has 2 unspecified atom stereocenters. The van der Waals surface area contributed by atoms with Gasteiger partial charge in [0.15, 0.2) is 0 Å². The summed E-state index contributed by atoms with van der Waals surface area (Å²) in [6, 6.07) is 0. The number of esters is 4. The number of hydrogen-bond donors (Lipinski definition) is 0. The summed E-state index contributed by atoms with van der Waals surface area (Å²) in [6.45, 7) is 0. The van der Waals surface area contributed by atoms with Gasteiger partial charge in [0, 0.05) is 11.8 Å². The highest BCUT2D eigenvalue weighted by Gasteiger charge is 2.67. The lowest BCUT2D eigenvalue weighted by atomic mass is 9.54. The van der Waals surface area contributed by atoms with Gasteiger partial charge >= 0.3 is 23.9 Å². The third kappa shape index (κ3) is 0.913. The van der Waals surface area contributed by atoms with Gasteiger partial charge in [-0.15, -0.1) is 0 Å². The Morgan fingerprint density at radius 1 is 0.611 bits per heavy atom. The van der Waals surface area contributed by atoms with Crippen LogP contribution in [0, 0.1) is 35.5 Å². The van der Waals surface area contributed by atoms with E-state index in [1.54, 1.807) is 12.2 Å². The topological polar surface area (TPSA) is 86.7 Å². The summed E-state index contributed by atoms with van der Waals surface area (Å²) in [7, 11) is 0. The second kappa shape index (κ2) is 2.88. The van der Waals surface area contributed by atoms with Gasteiger partial charge in [-0.25, -0.2) is 0 Å². The Kier molecular flexibility index (Phi) is 1.60. The van der Waals surface area contributed by atoms with Gasteiger partial charge in [0.25, 0.3) is 0 Å². The molecule has 3 fully saturated rings. The molecule has 6 atom stereocenters. The lowest BCUT2D eigenvalue weighted by molar-refractivity contribution is -0.154. The summed E-state index contributed by atoms with van der Waals surface area (Å²) in [5.74, 6) is -5.79. The van der Waals surface area contributed by atoms with Crippen LogP contribution in [0.3, 0.4) is 0 Å². The van der Waals surface area contributed by atoms with Gasteiger partial charge in [-0.05, 0) is 0 Å². The maximum absolute atomic E-state index is 11.7. The molecule has 2 aliphatic heterocycles. The molecule has 2 saturated heterocycles. The van der Waals surface area contributed by atoms with E-state index in [1.165, 1.54) is 0 Å². The molecule has 0 radical (unpaired) electrons. The quantitative estimate of drug-likeness (QED) is 0.324. The number of ether oxygens (including phenoxy) is 2. The third-order valence-corrected chi connectivity index (χ3v) is 4.48. The molecule has 0 aromatic carbocycles. The first-order valence-corrected chi connectivity index (χ1v) is 5.79. The van der Waals surface area contributed by atoms with Crippen LogP contribution in [0.5, 0.6) is 0 Å². The van der Waals surface area contributed by atoms with Crippen molar-refractivity contribution in [3.63, 3.8) is 0 Å². The van der Waals surface area contributed by atoms with E-state index in [0.29, 0.717) is 0 Å². The van der Waals surface area contributed by atoms with Crippen LogP contribution in [-0.2, 0) is 28.7 Å². The monoisotopic (exact) mass is 248 g/mol. The third-order valence-electron chi connectivity index (χ3n) is 4.48. The van der Waals surface area contributed by atoms with Crippen molar-refractivity contribution in [1.82, 2.24) is 0 Å². The largest absolute Gasteiger partial charge is 0.393 e. The minimum absolute atomic E-state index is 0.456. The minimum atomic E-state index is -0.632. The first kappa shape index (κ1) is 9.99. The van der Waals surface area contributed by atoms with Crippen molar-refractivity contribution in [1.29, 1.82) is 0 Å². The van der Waals surface area contributed by atoms with Gasteiger partial charge in [0.1, 0.15) is 0 Å². The molecular weight excluding hydrogens is 240 g/mol. The summed E-state index contributed by atoms with van der Waals surface area (Å²) in [6.07, 6.45) is 3.49. The van der Waals surface area contributed by atoms with E-state index in [4.69, 9.17) is 0 Å². The van der Waals surface area contributed by atoms with E-state index in [-0.39, 0.29) is 0 Å². The average Bonchev–Trinajstić information content (AvgIpc) is 2.81. The van der Waals surface area contributed by atoms with Gasteiger partial charge < -0.3 is 9.47 Å². The number of hydrogen-bond acceptors (Lipinski definition) is 6. The second-order valence-electron chi connectivity index (χ2n) is 5.12. The van der Waals surface area contributed by atoms with Crippen molar-refractivity contribution in [2.75, 3.05) is 0 Å². The summed E-state index contributed by atoms with van der Waals surface area (Å²) in [4.78, 5) is 46.7. The van der Waals surface area contributed by atoms with Gasteiger partial charge in [0.05, 0.1) is 23.7 Å². The van der Waals surface area contributed by atoms with Crippen LogP contribution < -0.4 is 0 Å². The highest BCUT2D eigenvalue weighted by atomic mass is 16.6. The molecule has 0 aromatic heterocycles. The molecule has 0 aromatic rings. The Morgan fingerprint density at radius 3 is 1.17 bits per heavy atom. The fraction of sp³-hybridized carbons (Fsp3) is 0.500. The first-order valence-electron chi connectivity index (χ1n) is 5.79. The molecular formula is C12H8O6. The predicted octanol–water partition coefficient (Wildman–Crippen LogP) is -0.566. The number of carbonyl (C=O) groups excluding carboxylic acids is 4. The molecule has 0 N–H and O–H groups in total. The Balaban J connectivity index is 1.88. The first-order chi connectivity index (χ1) is 8.59. The lowest BCUT2D eigenvalue weighted by Gasteiger charge is -2.42. The van der Waals surface area contributed by atoms with Crippen LogP contribution in [0.25, 0.3) is 0 Å².